The second-order valence-corrected chi connectivity index (χ2v) is 19.2. The summed E-state index contributed by atoms with van der Waals surface area (Å²) in [7, 11) is 0. The lowest BCUT2D eigenvalue weighted by Crippen LogP contribution is -2.52. The third-order valence-corrected chi connectivity index (χ3v) is 13.0. The molecule has 372 valence electrons. The minimum atomic E-state index is -1.54. The van der Waals surface area contributed by atoms with Gasteiger partial charge in [0.05, 0.1) is 34.4 Å². The first kappa shape index (κ1) is 53.3. The van der Waals surface area contributed by atoms with Crippen LogP contribution in [-0.2, 0) is 9.59 Å². The van der Waals surface area contributed by atoms with E-state index in [-0.39, 0.29) is 47.6 Å². The quantitative estimate of drug-likeness (QED) is 0.0327. The maximum absolute atomic E-state index is 12.8. The second-order valence-electron chi connectivity index (χ2n) is 17.5. The molecule has 4 heterocycles. The van der Waals surface area contributed by atoms with Crippen molar-refractivity contribution < 1.29 is 52.8 Å². The van der Waals surface area contributed by atoms with Crippen molar-refractivity contribution in [1.82, 2.24) is 15.1 Å². The van der Waals surface area contributed by atoms with Crippen molar-refractivity contribution in [1.29, 1.82) is 0 Å². The maximum atomic E-state index is 12.8. The van der Waals surface area contributed by atoms with Gasteiger partial charge in [-0.1, -0.05) is 58.5 Å². The summed E-state index contributed by atoms with van der Waals surface area (Å²) in [6, 6.07) is 22.1. The summed E-state index contributed by atoms with van der Waals surface area (Å²) < 4.78 is 22.0. The highest BCUT2D eigenvalue weighted by atomic mass is 127. The number of nitrogens with two attached hydrogens (primary N) is 1. The van der Waals surface area contributed by atoms with E-state index in [2.05, 4.69) is 15.1 Å². The van der Waals surface area contributed by atoms with Crippen molar-refractivity contribution in [2.24, 2.45) is 5.73 Å². The number of nitrogens with one attached hydrogen (secondary N) is 1. The van der Waals surface area contributed by atoms with Crippen LogP contribution < -0.4 is 20.5 Å². The number of Topliss-reactive ketones (excluding diaryl/α,β-unsaturated/α-hetero) is 2. The maximum Gasteiger partial charge on any atom is 0.380 e. The van der Waals surface area contributed by atoms with E-state index >= 15 is 0 Å². The number of nitrogens with zero attached hydrogens (tertiary/aromatic N) is 2. The van der Waals surface area contributed by atoms with Crippen LogP contribution in [0.3, 0.4) is 0 Å². The summed E-state index contributed by atoms with van der Waals surface area (Å²) in [5, 5.41) is 35.8. The van der Waals surface area contributed by atoms with Crippen LogP contribution in [0.1, 0.15) is 83.0 Å². The zero-order chi connectivity index (χ0) is 48.9. The molecular formula is C50H51Cl4IN4O11. The number of hydrogen-bond donors (Lipinski definition) is 5. The van der Waals surface area contributed by atoms with Crippen molar-refractivity contribution >= 4 is 116 Å². The molecule has 4 fully saturated rings. The minimum absolute atomic E-state index is 0. The normalized spacial score (nSPS) is 17.2. The highest BCUT2D eigenvalue weighted by Gasteiger charge is 2.32. The Hall–Kier alpha value is -4.47. The zero-order valence-corrected chi connectivity index (χ0v) is 42.9. The van der Waals surface area contributed by atoms with E-state index in [1.807, 2.05) is 12.1 Å². The first-order valence-electron chi connectivity index (χ1n) is 22.6. The first-order chi connectivity index (χ1) is 33.1. The number of fused-ring (bicyclic) bond motifs is 2. The molecule has 0 bridgehead atoms. The molecule has 2 aromatic heterocycles. The molecule has 70 heavy (non-hydrogen) atoms. The molecular weight excluding hydrogens is 1100 g/mol. The molecule has 0 spiro atoms. The van der Waals surface area contributed by atoms with E-state index in [0.29, 0.717) is 71.7 Å². The predicted molar refractivity (Wildman–Crippen MR) is 276 cm³/mol. The number of carbonyl (C=O) groups excluding carboxylic acids is 3. The second kappa shape index (κ2) is 23.8. The molecule has 20 heteroatoms. The number of rotatable bonds is 17. The van der Waals surface area contributed by atoms with Gasteiger partial charge < -0.3 is 54.5 Å². The number of carboxylic acid groups (broad SMARTS) is 1. The molecule has 1 amide bonds. The summed E-state index contributed by atoms with van der Waals surface area (Å²) in [6.07, 6.45) is 5.25. The Morgan fingerprint density at radius 1 is 0.643 bits per heavy atom. The summed E-state index contributed by atoms with van der Waals surface area (Å²) in [5.74, 6) is -3.29. The predicted octanol–water partition coefficient (Wildman–Crippen LogP) is 9.31. The molecule has 6 N–H and O–H groups in total. The largest absolute Gasteiger partial charge is 0.489 e. The number of ketones is 2. The number of aliphatic hydroxyl groups excluding tert-OH is 2. The molecule has 2 saturated heterocycles. The number of aliphatic carboxylic acids is 1. The van der Waals surface area contributed by atoms with Gasteiger partial charge in [0.25, 0.3) is 11.7 Å². The van der Waals surface area contributed by atoms with E-state index in [9.17, 15) is 29.4 Å². The van der Waals surface area contributed by atoms with Crippen LogP contribution in [-0.4, -0.2) is 112 Å². The Morgan fingerprint density at radius 2 is 1.10 bits per heavy atom. The van der Waals surface area contributed by atoms with Crippen LogP contribution in [0, 0.1) is 0 Å². The molecule has 4 aliphatic rings. The molecule has 15 nitrogen and oxygen atoms in total. The van der Waals surface area contributed by atoms with Crippen LogP contribution >= 0.6 is 70.4 Å². The summed E-state index contributed by atoms with van der Waals surface area (Å²) in [5.41, 5.74) is 8.25. The molecule has 2 saturated carbocycles. The Kier molecular flexibility index (Phi) is 18.2. The lowest BCUT2D eigenvalue weighted by Gasteiger charge is -2.36. The average Bonchev–Trinajstić information content (AvgIpc) is 4.22. The molecule has 4 atom stereocenters. The van der Waals surface area contributed by atoms with Gasteiger partial charge in [-0.2, -0.15) is 0 Å². The monoisotopic (exact) mass is 1150 g/mol. The van der Waals surface area contributed by atoms with Gasteiger partial charge in [-0.25, -0.2) is 4.79 Å². The third kappa shape index (κ3) is 13.9. The summed E-state index contributed by atoms with van der Waals surface area (Å²) in [4.78, 5) is 51.5. The molecule has 2 aliphatic heterocycles. The van der Waals surface area contributed by atoms with Gasteiger partial charge in [-0.15, -0.1) is 24.0 Å². The zero-order valence-electron chi connectivity index (χ0n) is 37.5. The number of ether oxygens (including phenoxy) is 2. The molecule has 10 rings (SSSR count). The number of carboxylic acids is 1. The summed E-state index contributed by atoms with van der Waals surface area (Å²) >= 11 is 24.3. The van der Waals surface area contributed by atoms with Crippen LogP contribution in [0.2, 0.25) is 20.1 Å². The van der Waals surface area contributed by atoms with Gasteiger partial charge in [0.2, 0.25) is 0 Å². The molecule has 4 aromatic carbocycles. The van der Waals surface area contributed by atoms with E-state index in [4.69, 9.17) is 75.6 Å². The van der Waals surface area contributed by atoms with Crippen LogP contribution in [0.15, 0.2) is 93.8 Å². The SMILES string of the molecule is I.N[C@H](CN1CCC1)[C@H](O)c1ccc(OC2CC2)c(Cl)c1.O=C(NC(CN1CCC1)[C@H](O)c1ccc(OC2CC2)c(Cl)c1)C(=O)c1cc2cc(Cl)ccc2o1.O=C(O)C(=O)c1cc2cc(Cl)ccc2o1. The Morgan fingerprint density at radius 3 is 1.53 bits per heavy atom. The topological polar surface area (TPSA) is 218 Å². The third-order valence-electron chi connectivity index (χ3n) is 12.0. The number of amides is 1. The van der Waals surface area contributed by atoms with E-state index < -0.39 is 41.7 Å². The smallest absolute Gasteiger partial charge is 0.380 e. The van der Waals surface area contributed by atoms with Crippen LogP contribution in [0.5, 0.6) is 11.5 Å². The number of benzene rings is 4. The molecule has 6 aromatic rings. The fraction of sp³-hybridized carbons (Fsp3) is 0.360. The van der Waals surface area contributed by atoms with Crippen molar-refractivity contribution in [3.63, 3.8) is 0 Å². The van der Waals surface area contributed by atoms with E-state index in [0.717, 1.165) is 70.4 Å². The van der Waals surface area contributed by atoms with Gasteiger partial charge in [-0.05, 0) is 149 Å². The lowest BCUT2D eigenvalue weighted by molar-refractivity contribution is -0.132. The highest BCUT2D eigenvalue weighted by Crippen LogP contribution is 2.36. The van der Waals surface area contributed by atoms with Crippen molar-refractivity contribution in [3.8, 4) is 11.5 Å². The number of hydrogen-bond acceptors (Lipinski definition) is 13. The van der Waals surface area contributed by atoms with E-state index in [1.54, 1.807) is 60.7 Å². The number of aliphatic hydroxyl groups is 2. The van der Waals surface area contributed by atoms with Crippen LogP contribution in [0.25, 0.3) is 21.9 Å². The Balaban J connectivity index is 0.000000170. The van der Waals surface area contributed by atoms with Crippen molar-refractivity contribution in [3.05, 3.63) is 128 Å². The number of likely N-dealkylation sites (tertiary alicyclic amines) is 2. The number of carbonyl (C=O) groups is 4. The van der Waals surface area contributed by atoms with E-state index in [1.165, 1.54) is 18.6 Å². The fourth-order valence-electron chi connectivity index (χ4n) is 7.54. The number of halogens is 5. The highest BCUT2D eigenvalue weighted by molar-refractivity contribution is 14.0. The first-order valence-corrected chi connectivity index (χ1v) is 24.1. The van der Waals surface area contributed by atoms with Gasteiger partial charge in [0, 0.05) is 39.9 Å². The van der Waals surface area contributed by atoms with Gasteiger partial charge in [-0.3, -0.25) is 14.4 Å². The van der Waals surface area contributed by atoms with Gasteiger partial charge in [0.15, 0.2) is 11.5 Å². The average molecular weight is 1150 g/mol. The van der Waals surface area contributed by atoms with Crippen molar-refractivity contribution in [2.45, 2.75) is 75.0 Å². The standard InChI is InChI=1S/C25H24Cl2N2O5.C15H21ClN2O2.C10H5ClO4.HI/c26-16-3-7-20-15(10-16)12-22(34-20)24(31)25(32)28-19(13-29-8-1-9-29)23(30)14-2-6-21(18(27)11-14)33-17-4-5-17;16-12-8-10(2-5-14(12)20-11-3-4-11)15(19)13(17)9-18-6-1-7-18;11-6-1-2-7-5(3-6)4-8(15-7)9(12)10(13)14;/h2-3,6-7,10-12,17,19,23,30H,1,4-5,8-9,13H2,(H,28,32);2,5,8,11,13,15,19H,1,3-4,6-7,9,17H2;1-4H,(H,13,14);1H/t19?,23-;13-,15-;;/m11../s1. The minimum Gasteiger partial charge on any atom is -0.489 e. The lowest BCUT2D eigenvalue weighted by atomic mass is 10.00. The summed E-state index contributed by atoms with van der Waals surface area (Å²) in [6.45, 7) is 5.01. The van der Waals surface area contributed by atoms with Crippen molar-refractivity contribution in [2.75, 3.05) is 39.3 Å². The molecule has 1 unspecified atom stereocenters. The molecule has 2 aliphatic carbocycles. The Labute approximate surface area is 440 Å². The van der Waals surface area contributed by atoms with Crippen LogP contribution in [0.4, 0.5) is 0 Å². The molecule has 0 radical (unpaired) electrons. The van der Waals surface area contributed by atoms with Gasteiger partial charge in [0.1, 0.15) is 28.8 Å². The van der Waals surface area contributed by atoms with Gasteiger partial charge >= 0.3 is 11.8 Å². The number of furan rings is 2. The fourth-order valence-corrected chi connectivity index (χ4v) is 8.36. The Bertz CT molecular complexity index is 2850.